The first kappa shape index (κ1) is 52.4. The van der Waals surface area contributed by atoms with Crippen LogP contribution in [0.5, 0.6) is 5.75 Å². The third-order valence-corrected chi connectivity index (χ3v) is 18.1. The zero-order chi connectivity index (χ0) is 53.4. The van der Waals surface area contributed by atoms with Crippen molar-refractivity contribution in [2.24, 2.45) is 17.8 Å². The molecule has 0 saturated heterocycles. The molecule has 3 aliphatic carbocycles. The quantitative estimate of drug-likeness (QED) is 0.0643. The highest BCUT2D eigenvalue weighted by Gasteiger charge is 2.59. The van der Waals surface area contributed by atoms with Gasteiger partial charge in [-0.05, 0) is 163 Å². The van der Waals surface area contributed by atoms with E-state index < -0.39 is 47.9 Å². The Morgan fingerprint density at radius 3 is 2.38 bits per heavy atom. The SMILES string of the molecule is COC[C@@H](CCO)c1c(CO)c2ccc3c(c2oc1=O)[C@H]1OC(=O)C[C@H]2C[C@@H](c4cccc(Cc5ccccc5)c4)CC[C@H]2c2ccc(cc2)CC/C(=C(\C)CO)C(=O)O[C@@H]1[C@](C)([C@H]1C[C@@H]2c4ccccc4C=C[C@H]2C1)O3. The number of aryl methyl sites for hydroxylation is 1. The summed E-state index contributed by atoms with van der Waals surface area (Å²) in [5, 5.41) is 32.3. The Morgan fingerprint density at radius 2 is 1.60 bits per heavy atom. The van der Waals surface area contributed by atoms with E-state index in [0.29, 0.717) is 47.1 Å². The van der Waals surface area contributed by atoms with Crippen LogP contribution in [0, 0.1) is 17.8 Å². The molecule has 400 valence electrons. The lowest BCUT2D eigenvalue weighted by molar-refractivity contribution is -0.199. The highest BCUT2D eigenvalue weighted by atomic mass is 16.6. The lowest BCUT2D eigenvalue weighted by Crippen LogP contribution is -2.58. The van der Waals surface area contributed by atoms with Gasteiger partial charge < -0.3 is 38.7 Å². The molecule has 2 saturated carbocycles. The summed E-state index contributed by atoms with van der Waals surface area (Å²) in [6.45, 7) is 2.62. The number of rotatable bonds is 11. The van der Waals surface area contributed by atoms with Crippen molar-refractivity contribution in [2.45, 2.75) is 126 Å². The number of aliphatic hydroxyl groups excluding tert-OH is 3. The molecule has 0 radical (unpaired) electrons. The van der Waals surface area contributed by atoms with E-state index >= 15 is 9.59 Å². The molecule has 6 aromatic rings. The molecule has 3 aliphatic heterocycles. The number of hydrogen-bond acceptors (Lipinski definition) is 11. The number of hydrogen-bond donors (Lipinski definition) is 3. The Morgan fingerprint density at radius 1 is 0.805 bits per heavy atom. The van der Waals surface area contributed by atoms with Crippen LogP contribution in [0.25, 0.3) is 17.0 Å². The Bertz CT molecular complexity index is 3260. The van der Waals surface area contributed by atoms with Crippen molar-refractivity contribution in [1.29, 1.82) is 0 Å². The third-order valence-electron chi connectivity index (χ3n) is 18.1. The van der Waals surface area contributed by atoms with Crippen LogP contribution >= 0.6 is 0 Å². The molecular weight excluding hydrogens is 969 g/mol. The second-order valence-corrected chi connectivity index (χ2v) is 22.6. The van der Waals surface area contributed by atoms with E-state index in [-0.39, 0.29) is 91.3 Å². The monoisotopic (exact) mass is 1040 g/mol. The Kier molecular flexibility index (Phi) is 15.2. The van der Waals surface area contributed by atoms with Crippen LogP contribution in [0.2, 0.25) is 0 Å². The van der Waals surface area contributed by atoms with Gasteiger partial charge in [0.1, 0.15) is 16.9 Å². The molecule has 0 amide bonds. The molecule has 11 heteroatoms. The predicted molar refractivity (Wildman–Crippen MR) is 295 cm³/mol. The van der Waals surface area contributed by atoms with E-state index in [0.717, 1.165) is 42.4 Å². The largest absolute Gasteiger partial charge is 0.483 e. The van der Waals surface area contributed by atoms with Crippen LogP contribution in [0.3, 0.4) is 0 Å². The van der Waals surface area contributed by atoms with Crippen LogP contribution in [-0.2, 0) is 43.2 Å². The van der Waals surface area contributed by atoms with Gasteiger partial charge in [0.2, 0.25) is 0 Å². The maximum atomic E-state index is 15.5. The molecule has 4 heterocycles. The standard InChI is InChI=1S/C66H70O11/c1-39(36-68)51-24-18-40-16-19-44(20-17-40)52-25-23-46(45-14-9-12-42(31-45)30-41-10-5-4-6-11-41)32-49(52)34-58(70)74-62-60-57(27-26-54-56(37-69)59(65(72)75-61(54)60)48(28-29-67)38-73-3)77-66(2,63(62)76-64(51)71)50-33-47-22-21-43-13-7-8-15-53(43)55(47)35-50/h4-17,19-22,26-27,31,46-50,52,55,62-63,67-69H,18,23-25,28-30,32-38H2,1-3H3/b51-39-/t46-,47-,48+,49+,50+,52-,55-,62+,63-,66-/m0/s1. The number of carbonyl (C=O) groups is 2. The van der Waals surface area contributed by atoms with Crippen LogP contribution in [0.15, 0.2) is 142 Å². The van der Waals surface area contributed by atoms with Crippen molar-refractivity contribution >= 4 is 29.0 Å². The first-order chi connectivity index (χ1) is 37.5. The lowest BCUT2D eigenvalue weighted by atomic mass is 9.68. The minimum absolute atomic E-state index is 0.0422. The number of methoxy groups -OCH3 is 1. The van der Waals surface area contributed by atoms with Crippen molar-refractivity contribution in [3.8, 4) is 5.75 Å². The van der Waals surface area contributed by atoms with Gasteiger partial charge in [0.25, 0.3) is 0 Å². The minimum atomic E-state index is -1.35. The highest BCUT2D eigenvalue weighted by Crippen LogP contribution is 2.58. The van der Waals surface area contributed by atoms with Crippen molar-refractivity contribution in [3.63, 3.8) is 0 Å². The zero-order valence-corrected chi connectivity index (χ0v) is 44.3. The molecule has 10 atom stereocenters. The first-order valence-corrected chi connectivity index (χ1v) is 27.7. The van der Waals surface area contributed by atoms with Crippen LogP contribution in [0.4, 0.5) is 0 Å². The number of aliphatic hydroxyl groups is 3. The van der Waals surface area contributed by atoms with E-state index in [9.17, 15) is 20.1 Å². The molecule has 2 bridgehead atoms. The Balaban J connectivity index is 1.05. The maximum Gasteiger partial charge on any atom is 0.340 e. The van der Waals surface area contributed by atoms with Crippen molar-refractivity contribution < 1.29 is 48.3 Å². The van der Waals surface area contributed by atoms with Gasteiger partial charge in [0.15, 0.2) is 12.2 Å². The van der Waals surface area contributed by atoms with Gasteiger partial charge in [-0.1, -0.05) is 115 Å². The van der Waals surface area contributed by atoms with E-state index in [1.807, 2.05) is 19.1 Å². The summed E-state index contributed by atoms with van der Waals surface area (Å²) in [7, 11) is 1.51. The molecule has 1 aromatic heterocycles. The fourth-order valence-corrected chi connectivity index (χ4v) is 14.0. The lowest BCUT2D eigenvalue weighted by Gasteiger charge is -2.48. The van der Waals surface area contributed by atoms with E-state index in [1.54, 1.807) is 19.1 Å². The normalized spacial score (nSPS) is 27.0. The van der Waals surface area contributed by atoms with Crippen LogP contribution in [0.1, 0.15) is 151 Å². The second-order valence-electron chi connectivity index (χ2n) is 22.6. The maximum absolute atomic E-state index is 15.5. The van der Waals surface area contributed by atoms with Gasteiger partial charge in [-0.25, -0.2) is 9.59 Å². The number of allylic oxidation sites excluding steroid dienone is 1. The van der Waals surface area contributed by atoms with Crippen molar-refractivity contribution in [2.75, 3.05) is 26.9 Å². The first-order valence-electron chi connectivity index (χ1n) is 27.7. The van der Waals surface area contributed by atoms with E-state index in [2.05, 4.69) is 103 Å². The number of benzene rings is 5. The summed E-state index contributed by atoms with van der Waals surface area (Å²) >= 11 is 0. The molecule has 0 spiro atoms. The fraction of sp³-hybridized carbons (Fsp3) is 0.409. The predicted octanol–water partition coefficient (Wildman–Crippen LogP) is 11.5. The topological polar surface area (TPSA) is 162 Å². The summed E-state index contributed by atoms with van der Waals surface area (Å²) < 4.78 is 33.2. The molecule has 6 aliphatic rings. The van der Waals surface area contributed by atoms with Gasteiger partial charge in [0.05, 0.1) is 25.4 Å². The van der Waals surface area contributed by atoms with Gasteiger partial charge in [-0.3, -0.25) is 4.79 Å². The zero-order valence-electron chi connectivity index (χ0n) is 44.3. The number of fused-ring (bicyclic) bond motifs is 14. The van der Waals surface area contributed by atoms with Gasteiger partial charge in [-0.15, -0.1) is 0 Å². The Labute approximate surface area is 450 Å². The molecule has 5 aromatic carbocycles. The van der Waals surface area contributed by atoms with E-state index in [1.165, 1.54) is 29.4 Å². The van der Waals surface area contributed by atoms with Crippen LogP contribution in [-0.4, -0.2) is 65.9 Å². The highest BCUT2D eigenvalue weighted by molar-refractivity contribution is 5.90. The molecule has 2 fully saturated rings. The number of carbonyl (C=O) groups excluding carboxylic acids is 2. The molecule has 3 N–H and O–H groups in total. The van der Waals surface area contributed by atoms with Gasteiger partial charge in [-0.2, -0.15) is 0 Å². The molecule has 12 rings (SSSR count). The Hall–Kier alpha value is -6.63. The van der Waals surface area contributed by atoms with Crippen molar-refractivity contribution in [3.05, 3.63) is 199 Å². The average Bonchev–Trinajstić information content (AvgIpc) is 4.11. The van der Waals surface area contributed by atoms with Crippen LogP contribution < -0.4 is 10.4 Å². The fourth-order valence-electron chi connectivity index (χ4n) is 14.0. The molecule has 11 nitrogen and oxygen atoms in total. The third kappa shape index (κ3) is 10.2. The summed E-state index contributed by atoms with van der Waals surface area (Å²) in [6.07, 6.45) is 7.57. The summed E-state index contributed by atoms with van der Waals surface area (Å²) in [4.78, 5) is 45.3. The van der Waals surface area contributed by atoms with E-state index in [4.69, 9.17) is 23.4 Å². The molecule has 0 unspecified atom stereocenters. The molecular formula is C66H70O11. The molecule has 77 heavy (non-hydrogen) atoms. The second kappa shape index (κ2) is 22.4. The summed E-state index contributed by atoms with van der Waals surface area (Å²) in [5.74, 6) is -1.28. The summed E-state index contributed by atoms with van der Waals surface area (Å²) in [5.41, 5.74) is 7.78. The number of esters is 2. The minimum Gasteiger partial charge on any atom is -0.483 e. The smallest absolute Gasteiger partial charge is 0.340 e. The average molecular weight is 1040 g/mol. The van der Waals surface area contributed by atoms with Gasteiger partial charge in [0, 0.05) is 48.5 Å². The summed E-state index contributed by atoms with van der Waals surface area (Å²) in [6, 6.07) is 39.8. The van der Waals surface area contributed by atoms with Crippen molar-refractivity contribution in [1.82, 2.24) is 0 Å². The number of ether oxygens (including phenoxy) is 4. The van der Waals surface area contributed by atoms with Gasteiger partial charge >= 0.3 is 17.6 Å².